The summed E-state index contributed by atoms with van der Waals surface area (Å²) in [6.45, 7) is 3.40. The lowest BCUT2D eigenvalue weighted by molar-refractivity contribution is -0.137. The lowest BCUT2D eigenvalue weighted by Crippen LogP contribution is -2.23. The number of rotatable bonds is 5. The van der Waals surface area contributed by atoms with Gasteiger partial charge >= 0.3 is 11.9 Å². The van der Waals surface area contributed by atoms with Gasteiger partial charge in [0.15, 0.2) is 0 Å². The molecule has 0 fully saturated rings. The van der Waals surface area contributed by atoms with Gasteiger partial charge in [0, 0.05) is 12.6 Å². The van der Waals surface area contributed by atoms with Crippen LogP contribution in [0.2, 0.25) is 0 Å². The van der Waals surface area contributed by atoms with Gasteiger partial charge in [0.1, 0.15) is 6.61 Å². The highest BCUT2D eigenvalue weighted by atomic mass is 19.4. The Balaban J connectivity index is 1.84. The average Bonchev–Trinajstić information content (AvgIpc) is 3.01. The highest BCUT2D eigenvalue weighted by molar-refractivity contribution is 5.98. The van der Waals surface area contributed by atoms with Crippen LogP contribution in [0.4, 0.5) is 13.2 Å². The van der Waals surface area contributed by atoms with Gasteiger partial charge in [-0.15, -0.1) is 0 Å². The summed E-state index contributed by atoms with van der Waals surface area (Å²) in [6.07, 6.45) is -4.43. The van der Waals surface area contributed by atoms with Crippen molar-refractivity contribution in [2.75, 3.05) is 0 Å². The van der Waals surface area contributed by atoms with Gasteiger partial charge in [-0.1, -0.05) is 29.4 Å². The Kier molecular flexibility index (Phi) is 5.53. The van der Waals surface area contributed by atoms with E-state index in [9.17, 15) is 18.0 Å². The van der Waals surface area contributed by atoms with Gasteiger partial charge < -0.3 is 4.84 Å². The maximum atomic E-state index is 12.9. The summed E-state index contributed by atoms with van der Waals surface area (Å²) in [5.74, 6) is 0. The Morgan fingerprint density at radius 2 is 1.90 bits per heavy atom. The molecular formula is C19H18F3N5O2. The highest BCUT2D eigenvalue weighted by Crippen LogP contribution is 2.29. The molecule has 3 rings (SSSR count). The second-order valence-corrected chi connectivity index (χ2v) is 6.40. The van der Waals surface area contributed by atoms with Crippen LogP contribution in [0, 0.1) is 6.92 Å². The number of tetrazole rings is 1. The molecule has 0 atom stereocenters. The third-order valence-electron chi connectivity index (χ3n) is 4.35. The normalized spacial score (nSPS) is 12.3. The second-order valence-electron chi connectivity index (χ2n) is 6.40. The zero-order chi connectivity index (χ0) is 21.2. The molecule has 152 valence electrons. The largest absolute Gasteiger partial charge is 0.416 e. The van der Waals surface area contributed by atoms with Crippen LogP contribution >= 0.6 is 0 Å². The average molecular weight is 405 g/mol. The molecule has 0 radical (unpaired) electrons. The molecule has 0 N–H and O–H groups in total. The maximum absolute atomic E-state index is 12.9. The summed E-state index contributed by atoms with van der Waals surface area (Å²) in [5, 5.41) is 11.5. The molecule has 7 nitrogen and oxygen atoms in total. The first-order chi connectivity index (χ1) is 13.7. The van der Waals surface area contributed by atoms with Crippen LogP contribution in [-0.4, -0.2) is 25.5 Å². The van der Waals surface area contributed by atoms with E-state index in [2.05, 4.69) is 15.6 Å². The van der Waals surface area contributed by atoms with Gasteiger partial charge in [0.2, 0.25) is 0 Å². The predicted octanol–water partition coefficient (Wildman–Crippen LogP) is 3.23. The number of aromatic nitrogens is 4. The number of nitrogens with zero attached hydrogens (tertiary/aromatic N) is 5. The van der Waals surface area contributed by atoms with Crippen molar-refractivity contribution in [1.82, 2.24) is 19.8 Å². The predicted molar refractivity (Wildman–Crippen MR) is 99.8 cm³/mol. The first-order valence-electron chi connectivity index (χ1n) is 8.60. The Morgan fingerprint density at radius 1 is 1.17 bits per heavy atom. The molecule has 1 heterocycles. The molecule has 29 heavy (non-hydrogen) atoms. The number of hydrogen-bond acceptors (Lipinski definition) is 5. The van der Waals surface area contributed by atoms with E-state index in [4.69, 9.17) is 4.84 Å². The van der Waals surface area contributed by atoms with Crippen LogP contribution in [0.5, 0.6) is 0 Å². The van der Waals surface area contributed by atoms with Crippen LogP contribution in [-0.2, 0) is 24.7 Å². The van der Waals surface area contributed by atoms with Crippen LogP contribution in [0.15, 0.2) is 52.4 Å². The second kappa shape index (κ2) is 7.90. The minimum absolute atomic E-state index is 0.00131. The van der Waals surface area contributed by atoms with Crippen molar-refractivity contribution in [3.05, 3.63) is 75.2 Å². The third-order valence-corrected chi connectivity index (χ3v) is 4.35. The molecule has 3 aromatic rings. The van der Waals surface area contributed by atoms with Crippen LogP contribution in [0.1, 0.15) is 29.2 Å². The molecule has 0 aliphatic heterocycles. The first kappa shape index (κ1) is 20.3. The zero-order valence-corrected chi connectivity index (χ0v) is 15.9. The number of alkyl halides is 3. The van der Waals surface area contributed by atoms with Gasteiger partial charge in [0.25, 0.3) is 0 Å². The van der Waals surface area contributed by atoms with E-state index in [1.54, 1.807) is 19.1 Å². The summed E-state index contributed by atoms with van der Waals surface area (Å²) in [6, 6.07) is 10.2. The molecule has 0 saturated heterocycles. The van der Waals surface area contributed by atoms with Gasteiger partial charge in [-0.3, -0.25) is 0 Å². The van der Waals surface area contributed by atoms with E-state index in [1.807, 2.05) is 13.0 Å². The third kappa shape index (κ3) is 4.36. The maximum Gasteiger partial charge on any atom is 0.416 e. The van der Waals surface area contributed by atoms with Crippen LogP contribution < -0.4 is 5.69 Å². The van der Waals surface area contributed by atoms with E-state index in [1.165, 1.54) is 19.2 Å². The fraction of sp³-hybridized carbons (Fsp3) is 0.263. The number of oxime groups is 1. The molecule has 0 unspecified atom stereocenters. The number of hydrogen-bond donors (Lipinski definition) is 0. The van der Waals surface area contributed by atoms with E-state index in [-0.39, 0.29) is 6.61 Å². The summed E-state index contributed by atoms with van der Waals surface area (Å²) in [7, 11) is 1.49. The monoisotopic (exact) mass is 405 g/mol. The molecule has 0 saturated carbocycles. The van der Waals surface area contributed by atoms with Crippen LogP contribution in [0.25, 0.3) is 5.69 Å². The number of benzene rings is 2. The van der Waals surface area contributed by atoms with E-state index >= 15 is 0 Å². The van der Waals surface area contributed by atoms with Crippen molar-refractivity contribution in [3.8, 4) is 5.69 Å². The van der Waals surface area contributed by atoms with Crippen LogP contribution in [0.3, 0.4) is 0 Å². The standard InChI is InChI=1S/C19H18F3N5O2/c1-12-6-4-9-17(27-18(28)26(3)24-25-27)16(12)11-29-23-13(2)14-7-5-8-15(10-14)19(20,21)22/h4-10H,11H2,1-3H3/b23-13+. The summed E-state index contributed by atoms with van der Waals surface area (Å²) in [5.41, 5.74) is 1.42. The fourth-order valence-electron chi connectivity index (χ4n) is 2.70. The van der Waals surface area contributed by atoms with Crippen molar-refractivity contribution in [2.24, 2.45) is 12.2 Å². The topological polar surface area (TPSA) is 74.3 Å². The minimum atomic E-state index is -4.43. The van der Waals surface area contributed by atoms with Crippen molar-refractivity contribution in [3.63, 3.8) is 0 Å². The molecule has 0 bridgehead atoms. The highest BCUT2D eigenvalue weighted by Gasteiger charge is 2.30. The minimum Gasteiger partial charge on any atom is -0.391 e. The van der Waals surface area contributed by atoms with Crippen molar-refractivity contribution in [1.29, 1.82) is 0 Å². The SMILES string of the molecule is C/C(=N\OCc1c(C)cccc1-n1nnn(C)c1=O)c1cccc(C(F)(F)F)c1. The Labute approximate surface area is 164 Å². The molecule has 0 aliphatic rings. The number of aryl methyl sites for hydroxylation is 2. The molecule has 1 aromatic heterocycles. The van der Waals surface area contributed by atoms with Gasteiger partial charge in [-0.2, -0.15) is 22.5 Å². The van der Waals surface area contributed by atoms with E-state index in [0.29, 0.717) is 22.5 Å². The van der Waals surface area contributed by atoms with Gasteiger partial charge in [-0.25, -0.2) is 4.79 Å². The van der Waals surface area contributed by atoms with E-state index < -0.39 is 17.4 Å². The molecule has 0 spiro atoms. The Morgan fingerprint density at radius 3 is 2.55 bits per heavy atom. The van der Waals surface area contributed by atoms with Gasteiger partial charge in [-0.05, 0) is 53.6 Å². The lowest BCUT2D eigenvalue weighted by atomic mass is 10.1. The molecular weight excluding hydrogens is 387 g/mol. The molecule has 2 aromatic carbocycles. The summed E-state index contributed by atoms with van der Waals surface area (Å²) < 4.78 is 40.9. The van der Waals surface area contributed by atoms with Crippen molar-refractivity contribution in [2.45, 2.75) is 26.6 Å². The quantitative estimate of drug-likeness (QED) is 0.483. The first-order valence-corrected chi connectivity index (χ1v) is 8.60. The molecule has 0 amide bonds. The van der Waals surface area contributed by atoms with E-state index in [0.717, 1.165) is 27.1 Å². The van der Waals surface area contributed by atoms with Gasteiger partial charge in [0.05, 0.1) is 17.0 Å². The fourth-order valence-corrected chi connectivity index (χ4v) is 2.70. The molecule has 10 heteroatoms. The summed E-state index contributed by atoms with van der Waals surface area (Å²) >= 11 is 0. The lowest BCUT2D eigenvalue weighted by Gasteiger charge is -2.11. The molecule has 0 aliphatic carbocycles. The van der Waals surface area contributed by atoms with Crippen molar-refractivity contribution >= 4 is 5.71 Å². The zero-order valence-electron chi connectivity index (χ0n) is 15.9. The Hall–Kier alpha value is -3.43. The Bertz CT molecular complexity index is 1120. The smallest absolute Gasteiger partial charge is 0.391 e. The van der Waals surface area contributed by atoms with Crippen molar-refractivity contribution < 1.29 is 18.0 Å². The summed E-state index contributed by atoms with van der Waals surface area (Å²) in [4.78, 5) is 17.5. The number of halogens is 3.